The summed E-state index contributed by atoms with van der Waals surface area (Å²) < 4.78 is 62.0. The van der Waals surface area contributed by atoms with Crippen LogP contribution in [-0.4, -0.2) is 42.1 Å². The number of rotatable bonds is 3. The van der Waals surface area contributed by atoms with Crippen LogP contribution in [0, 0.1) is 13.8 Å². The smallest absolute Gasteiger partial charge is 0.346 e. The monoisotopic (exact) mass is 352 g/mol. The Hall–Kier alpha value is -1.51. The lowest BCUT2D eigenvalue weighted by Crippen LogP contribution is -2.47. The topological polar surface area (TPSA) is 68.2 Å². The van der Waals surface area contributed by atoms with E-state index in [1.807, 2.05) is 0 Å². The van der Waals surface area contributed by atoms with Gasteiger partial charge >= 0.3 is 6.18 Å². The summed E-state index contributed by atoms with van der Waals surface area (Å²) in [6.45, 7) is 3.41. The maximum absolute atomic E-state index is 12.6. The van der Waals surface area contributed by atoms with Gasteiger partial charge in [-0.1, -0.05) is 0 Å². The molecule has 1 aliphatic heterocycles. The first kappa shape index (κ1) is 17.8. The van der Waals surface area contributed by atoms with E-state index in [1.165, 1.54) is 19.9 Å². The minimum Gasteiger partial charge on any atom is -0.346 e. The average Bonchev–Trinajstić information content (AvgIpc) is 2.78. The van der Waals surface area contributed by atoms with Crippen molar-refractivity contribution in [2.45, 2.75) is 45.5 Å². The third-order valence-electron chi connectivity index (χ3n) is 4.07. The van der Waals surface area contributed by atoms with Crippen molar-refractivity contribution in [2.75, 3.05) is 11.5 Å². The Morgan fingerprint density at radius 3 is 2.48 bits per heavy atom. The van der Waals surface area contributed by atoms with E-state index in [0.717, 1.165) is 4.57 Å². The van der Waals surface area contributed by atoms with Gasteiger partial charge in [0.15, 0.2) is 9.84 Å². The molecule has 9 heteroatoms. The number of sulfone groups is 1. The van der Waals surface area contributed by atoms with Crippen molar-refractivity contribution < 1.29 is 26.4 Å². The number of nitrogens with zero attached hydrogens (tertiary/aromatic N) is 1. The lowest BCUT2D eigenvalue weighted by molar-refractivity contribution is -0.141. The number of halogens is 3. The number of hydrogen-bond donors (Lipinski definition) is 1. The zero-order valence-corrected chi connectivity index (χ0v) is 13.9. The molecule has 0 bridgehead atoms. The van der Waals surface area contributed by atoms with Gasteiger partial charge in [-0.15, -0.1) is 0 Å². The van der Waals surface area contributed by atoms with Gasteiger partial charge in [0.1, 0.15) is 6.54 Å². The Labute approximate surface area is 132 Å². The van der Waals surface area contributed by atoms with Crippen LogP contribution < -0.4 is 5.32 Å². The van der Waals surface area contributed by atoms with E-state index in [4.69, 9.17) is 0 Å². The van der Waals surface area contributed by atoms with E-state index < -0.39 is 34.0 Å². The quantitative estimate of drug-likeness (QED) is 0.904. The molecule has 1 aromatic heterocycles. The highest BCUT2D eigenvalue weighted by Gasteiger charge is 2.40. The molecule has 1 unspecified atom stereocenters. The summed E-state index contributed by atoms with van der Waals surface area (Å²) in [7, 11) is -3.19. The van der Waals surface area contributed by atoms with Gasteiger partial charge in [0, 0.05) is 11.4 Å². The zero-order chi connectivity index (χ0) is 17.6. The predicted molar refractivity (Wildman–Crippen MR) is 79.1 cm³/mol. The van der Waals surface area contributed by atoms with Gasteiger partial charge in [0.2, 0.25) is 0 Å². The van der Waals surface area contributed by atoms with Gasteiger partial charge in [0.25, 0.3) is 5.91 Å². The molecule has 1 atom stereocenters. The molecule has 0 aliphatic carbocycles. The summed E-state index contributed by atoms with van der Waals surface area (Å²) in [5, 5.41) is 2.66. The second kappa shape index (κ2) is 5.54. The Bertz CT molecular complexity index is 737. The molecular weight excluding hydrogens is 333 g/mol. The van der Waals surface area contributed by atoms with Crippen LogP contribution in [0.2, 0.25) is 0 Å². The fourth-order valence-electron chi connectivity index (χ4n) is 2.90. The second-order valence-electron chi connectivity index (χ2n) is 6.34. The van der Waals surface area contributed by atoms with Crippen molar-refractivity contribution in [1.29, 1.82) is 0 Å². The summed E-state index contributed by atoms with van der Waals surface area (Å²) in [6, 6.07) is 1.39. The number of aryl methyl sites for hydroxylation is 1. The molecular formula is C14H19F3N2O3S. The highest BCUT2D eigenvalue weighted by atomic mass is 32.2. The Balaban J connectivity index is 2.23. The fraction of sp³-hybridized carbons (Fsp3) is 0.643. The normalized spacial score (nSPS) is 23.9. The summed E-state index contributed by atoms with van der Waals surface area (Å²) >= 11 is 0. The zero-order valence-electron chi connectivity index (χ0n) is 13.1. The SMILES string of the molecule is Cc1cc(C(=O)NC2(C)CCS(=O)(=O)C2)c(C)n1CC(F)(F)F. The molecule has 1 amide bonds. The lowest BCUT2D eigenvalue weighted by Gasteiger charge is -2.24. The van der Waals surface area contributed by atoms with Crippen LogP contribution in [0.3, 0.4) is 0 Å². The minimum atomic E-state index is -4.38. The summed E-state index contributed by atoms with van der Waals surface area (Å²) in [4.78, 5) is 12.4. The van der Waals surface area contributed by atoms with Crippen molar-refractivity contribution in [3.63, 3.8) is 0 Å². The fourth-order valence-corrected chi connectivity index (χ4v) is 5.00. The van der Waals surface area contributed by atoms with E-state index in [-0.39, 0.29) is 22.8 Å². The highest BCUT2D eigenvalue weighted by Crippen LogP contribution is 2.26. The maximum atomic E-state index is 12.6. The molecule has 23 heavy (non-hydrogen) atoms. The minimum absolute atomic E-state index is 0.00310. The maximum Gasteiger partial charge on any atom is 0.406 e. The van der Waals surface area contributed by atoms with E-state index in [0.29, 0.717) is 12.1 Å². The Morgan fingerprint density at radius 2 is 2.00 bits per heavy atom. The van der Waals surface area contributed by atoms with Gasteiger partial charge in [-0.2, -0.15) is 13.2 Å². The molecule has 0 aromatic carbocycles. The van der Waals surface area contributed by atoms with Crippen LogP contribution in [0.5, 0.6) is 0 Å². The summed E-state index contributed by atoms with van der Waals surface area (Å²) in [5.74, 6) is -0.713. The molecule has 1 aliphatic rings. The van der Waals surface area contributed by atoms with Crippen LogP contribution in [0.1, 0.15) is 35.1 Å². The summed E-state index contributed by atoms with van der Waals surface area (Å²) in [5.41, 5.74) is -0.212. The first-order chi connectivity index (χ1) is 10.3. The molecule has 2 heterocycles. The Kier molecular flexibility index (Phi) is 4.29. The molecule has 0 spiro atoms. The third-order valence-corrected chi connectivity index (χ3v) is 5.98. The van der Waals surface area contributed by atoms with Crippen LogP contribution in [0.25, 0.3) is 0 Å². The Morgan fingerprint density at radius 1 is 1.39 bits per heavy atom. The standard InChI is InChI=1S/C14H19F3N2O3S/c1-9-6-11(10(2)19(9)7-14(15,16)17)12(20)18-13(3)4-5-23(21,22)8-13/h6H,4-5,7-8H2,1-3H3,(H,18,20). The van der Waals surface area contributed by atoms with Crippen LogP contribution in [0.15, 0.2) is 6.07 Å². The highest BCUT2D eigenvalue weighted by molar-refractivity contribution is 7.91. The van der Waals surface area contributed by atoms with Crippen molar-refractivity contribution in [3.05, 3.63) is 23.0 Å². The van der Waals surface area contributed by atoms with Gasteiger partial charge in [-0.05, 0) is 33.3 Å². The van der Waals surface area contributed by atoms with E-state index in [9.17, 15) is 26.4 Å². The third kappa shape index (κ3) is 4.07. The molecule has 5 nitrogen and oxygen atoms in total. The summed E-state index contributed by atoms with van der Waals surface area (Å²) in [6.07, 6.45) is -4.09. The molecule has 0 radical (unpaired) electrons. The number of amides is 1. The van der Waals surface area contributed by atoms with Gasteiger partial charge in [0.05, 0.1) is 22.6 Å². The molecule has 1 N–H and O–H groups in total. The molecule has 130 valence electrons. The first-order valence-electron chi connectivity index (χ1n) is 7.08. The van der Waals surface area contributed by atoms with E-state index in [2.05, 4.69) is 5.32 Å². The van der Waals surface area contributed by atoms with Crippen LogP contribution in [-0.2, 0) is 16.4 Å². The van der Waals surface area contributed by atoms with E-state index >= 15 is 0 Å². The van der Waals surface area contributed by atoms with Crippen molar-refractivity contribution in [1.82, 2.24) is 9.88 Å². The number of hydrogen-bond acceptors (Lipinski definition) is 3. The van der Waals surface area contributed by atoms with Crippen molar-refractivity contribution in [2.24, 2.45) is 0 Å². The van der Waals surface area contributed by atoms with Crippen LogP contribution in [0.4, 0.5) is 13.2 Å². The van der Waals surface area contributed by atoms with Crippen molar-refractivity contribution >= 4 is 15.7 Å². The van der Waals surface area contributed by atoms with E-state index in [1.54, 1.807) is 6.92 Å². The molecule has 1 fully saturated rings. The first-order valence-corrected chi connectivity index (χ1v) is 8.90. The number of nitrogens with one attached hydrogen (secondary N) is 1. The van der Waals surface area contributed by atoms with Crippen molar-refractivity contribution in [3.8, 4) is 0 Å². The van der Waals surface area contributed by atoms with Crippen LogP contribution >= 0.6 is 0 Å². The lowest BCUT2D eigenvalue weighted by atomic mass is 10.0. The molecule has 1 saturated heterocycles. The predicted octanol–water partition coefficient (Wildman–Crippen LogP) is 1.97. The number of aromatic nitrogens is 1. The van der Waals surface area contributed by atoms with Gasteiger partial charge in [-0.25, -0.2) is 8.42 Å². The number of alkyl halides is 3. The van der Waals surface area contributed by atoms with Gasteiger partial charge in [-0.3, -0.25) is 4.79 Å². The average molecular weight is 352 g/mol. The molecule has 2 rings (SSSR count). The number of carbonyl (C=O) groups is 1. The largest absolute Gasteiger partial charge is 0.406 e. The molecule has 1 aromatic rings. The second-order valence-corrected chi connectivity index (χ2v) is 8.53. The van der Waals surface area contributed by atoms with Gasteiger partial charge < -0.3 is 9.88 Å². The molecule has 0 saturated carbocycles. The number of carbonyl (C=O) groups excluding carboxylic acids is 1.